The second-order valence-electron chi connectivity index (χ2n) is 4.09. The predicted molar refractivity (Wildman–Crippen MR) is 71.7 cm³/mol. The lowest BCUT2D eigenvalue weighted by atomic mass is 10.1. The highest BCUT2D eigenvalue weighted by molar-refractivity contribution is 7.89. The van der Waals surface area contributed by atoms with Crippen LogP contribution in [0.3, 0.4) is 0 Å². The molecule has 0 unspecified atom stereocenters. The predicted octanol–water partition coefficient (Wildman–Crippen LogP) is 0.526. The van der Waals surface area contributed by atoms with Crippen LogP contribution in [-0.4, -0.2) is 37.3 Å². The molecule has 1 fully saturated rings. The summed E-state index contributed by atoms with van der Waals surface area (Å²) in [5.74, 6) is 0. The van der Waals surface area contributed by atoms with Crippen LogP contribution in [0.2, 0.25) is 5.02 Å². The van der Waals surface area contributed by atoms with Crippen molar-refractivity contribution in [2.45, 2.75) is 23.9 Å². The van der Waals surface area contributed by atoms with Gasteiger partial charge >= 0.3 is 0 Å². The van der Waals surface area contributed by atoms with Gasteiger partial charge in [0, 0.05) is 19.6 Å². The number of halogens is 2. The molecule has 0 aromatic carbocycles. The standard InChI is InChI=1S/C9H15ClN4O2S.ClH/c1-14-9(8(10)6-12-14)17(15,16)13-7-3-2-4-11-5-7;/h6-7,11,13H,2-5H2,1H3;1H/t7-;/m1./s1. The van der Waals surface area contributed by atoms with Gasteiger partial charge in [-0.3, -0.25) is 4.68 Å². The van der Waals surface area contributed by atoms with Gasteiger partial charge in [0.2, 0.25) is 0 Å². The third-order valence-corrected chi connectivity index (χ3v) is 4.74. The number of aromatic nitrogens is 2. The molecule has 2 rings (SSSR count). The molecule has 6 nitrogen and oxygen atoms in total. The first-order valence-electron chi connectivity index (χ1n) is 5.41. The minimum Gasteiger partial charge on any atom is -0.315 e. The SMILES string of the molecule is Cl.Cn1ncc(Cl)c1S(=O)(=O)N[C@@H]1CCCNC1. The highest BCUT2D eigenvalue weighted by Gasteiger charge is 2.26. The topological polar surface area (TPSA) is 76.0 Å². The summed E-state index contributed by atoms with van der Waals surface area (Å²) in [5.41, 5.74) is 0. The second kappa shape index (κ2) is 6.21. The first kappa shape index (κ1) is 15.7. The molecule has 1 aromatic heterocycles. The molecule has 0 aliphatic carbocycles. The summed E-state index contributed by atoms with van der Waals surface area (Å²) in [6.07, 6.45) is 3.13. The van der Waals surface area contributed by atoms with Crippen molar-refractivity contribution >= 4 is 34.0 Å². The van der Waals surface area contributed by atoms with Crippen molar-refractivity contribution in [2.75, 3.05) is 13.1 Å². The molecular weight excluding hydrogens is 299 g/mol. The van der Waals surface area contributed by atoms with Gasteiger partial charge in [-0.05, 0) is 19.4 Å². The normalized spacial score (nSPS) is 20.4. The van der Waals surface area contributed by atoms with E-state index in [9.17, 15) is 8.42 Å². The van der Waals surface area contributed by atoms with E-state index in [-0.39, 0.29) is 28.5 Å². The van der Waals surface area contributed by atoms with Crippen LogP contribution in [0.25, 0.3) is 0 Å². The minimum atomic E-state index is -3.60. The van der Waals surface area contributed by atoms with E-state index in [1.165, 1.54) is 10.9 Å². The van der Waals surface area contributed by atoms with Crippen molar-refractivity contribution in [1.82, 2.24) is 19.8 Å². The molecule has 0 radical (unpaired) electrons. The molecule has 2 heterocycles. The van der Waals surface area contributed by atoms with Gasteiger partial charge in [0.15, 0.2) is 5.03 Å². The highest BCUT2D eigenvalue weighted by Crippen LogP contribution is 2.20. The summed E-state index contributed by atoms with van der Waals surface area (Å²) >= 11 is 5.83. The Morgan fingerprint density at radius 3 is 2.83 bits per heavy atom. The molecule has 1 saturated heterocycles. The van der Waals surface area contributed by atoms with E-state index in [2.05, 4.69) is 15.1 Å². The molecular formula is C9H16Cl2N4O2S. The van der Waals surface area contributed by atoms with Crippen molar-refractivity contribution in [3.8, 4) is 0 Å². The zero-order valence-electron chi connectivity index (χ0n) is 9.89. The number of piperidine rings is 1. The van der Waals surface area contributed by atoms with Crippen molar-refractivity contribution in [3.63, 3.8) is 0 Å². The average molecular weight is 315 g/mol. The summed E-state index contributed by atoms with van der Waals surface area (Å²) in [5, 5.41) is 7.14. The Kier molecular flexibility index (Phi) is 5.42. The number of aryl methyl sites for hydroxylation is 1. The van der Waals surface area contributed by atoms with Crippen molar-refractivity contribution in [1.29, 1.82) is 0 Å². The maximum atomic E-state index is 12.1. The third-order valence-electron chi connectivity index (χ3n) is 2.72. The van der Waals surface area contributed by atoms with E-state index >= 15 is 0 Å². The molecule has 0 amide bonds. The Bertz CT molecular complexity index is 477. The third kappa shape index (κ3) is 3.36. The molecule has 0 saturated carbocycles. The Morgan fingerprint density at radius 1 is 1.61 bits per heavy atom. The second-order valence-corrected chi connectivity index (χ2v) is 6.12. The van der Waals surface area contributed by atoms with E-state index in [0.717, 1.165) is 19.4 Å². The van der Waals surface area contributed by atoms with Gasteiger partial charge in [0.1, 0.15) is 0 Å². The first-order chi connectivity index (χ1) is 8.00. The first-order valence-corrected chi connectivity index (χ1v) is 7.27. The van der Waals surface area contributed by atoms with E-state index in [0.29, 0.717) is 6.54 Å². The number of nitrogens with one attached hydrogen (secondary N) is 2. The van der Waals surface area contributed by atoms with Gasteiger partial charge in [0.05, 0.1) is 11.2 Å². The Labute approximate surface area is 118 Å². The van der Waals surface area contributed by atoms with E-state index in [4.69, 9.17) is 11.6 Å². The summed E-state index contributed by atoms with van der Waals surface area (Å²) in [6, 6.07) is -0.0836. The number of hydrogen-bond donors (Lipinski definition) is 2. The highest BCUT2D eigenvalue weighted by atomic mass is 35.5. The molecule has 9 heteroatoms. The maximum absolute atomic E-state index is 12.1. The minimum absolute atomic E-state index is 0. The number of nitrogens with zero attached hydrogens (tertiary/aromatic N) is 2. The lowest BCUT2D eigenvalue weighted by Gasteiger charge is -2.23. The van der Waals surface area contributed by atoms with E-state index < -0.39 is 10.0 Å². The van der Waals surface area contributed by atoms with Gasteiger partial charge in [-0.1, -0.05) is 11.6 Å². The fourth-order valence-corrected chi connectivity index (χ4v) is 3.86. The lowest BCUT2D eigenvalue weighted by Crippen LogP contribution is -2.45. The molecule has 1 aliphatic rings. The lowest BCUT2D eigenvalue weighted by molar-refractivity contribution is 0.427. The van der Waals surface area contributed by atoms with Gasteiger partial charge in [0.25, 0.3) is 10.0 Å². The Balaban J connectivity index is 0.00000162. The van der Waals surface area contributed by atoms with Crippen molar-refractivity contribution in [2.24, 2.45) is 7.05 Å². The monoisotopic (exact) mass is 314 g/mol. The van der Waals surface area contributed by atoms with Gasteiger partial charge < -0.3 is 5.32 Å². The largest absolute Gasteiger partial charge is 0.315 e. The Morgan fingerprint density at radius 2 is 2.33 bits per heavy atom. The van der Waals surface area contributed by atoms with Crippen LogP contribution in [0.5, 0.6) is 0 Å². The molecule has 1 aliphatic heterocycles. The van der Waals surface area contributed by atoms with Crippen LogP contribution < -0.4 is 10.0 Å². The van der Waals surface area contributed by atoms with Gasteiger partial charge in [-0.25, -0.2) is 13.1 Å². The van der Waals surface area contributed by atoms with E-state index in [1.54, 1.807) is 7.05 Å². The molecule has 1 aromatic rings. The van der Waals surface area contributed by atoms with Crippen LogP contribution in [0.1, 0.15) is 12.8 Å². The van der Waals surface area contributed by atoms with Gasteiger partial charge in [-0.2, -0.15) is 5.10 Å². The average Bonchev–Trinajstić information content (AvgIpc) is 2.59. The summed E-state index contributed by atoms with van der Waals surface area (Å²) in [4.78, 5) is 0. The molecule has 0 bridgehead atoms. The fourth-order valence-electron chi connectivity index (χ4n) is 1.93. The van der Waals surface area contributed by atoms with Gasteiger partial charge in [-0.15, -0.1) is 12.4 Å². The molecule has 104 valence electrons. The van der Waals surface area contributed by atoms with Crippen LogP contribution >= 0.6 is 24.0 Å². The number of rotatable bonds is 3. The summed E-state index contributed by atoms with van der Waals surface area (Å²) < 4.78 is 28.1. The number of sulfonamides is 1. The molecule has 1 atom stereocenters. The van der Waals surface area contributed by atoms with Crippen LogP contribution in [0.4, 0.5) is 0 Å². The molecule has 2 N–H and O–H groups in total. The van der Waals surface area contributed by atoms with Crippen LogP contribution in [0, 0.1) is 0 Å². The molecule has 18 heavy (non-hydrogen) atoms. The molecule has 0 spiro atoms. The van der Waals surface area contributed by atoms with Crippen molar-refractivity contribution < 1.29 is 8.42 Å². The maximum Gasteiger partial charge on any atom is 0.259 e. The fraction of sp³-hybridized carbons (Fsp3) is 0.667. The quantitative estimate of drug-likeness (QED) is 0.853. The summed E-state index contributed by atoms with van der Waals surface area (Å²) in [7, 11) is -2.04. The number of hydrogen-bond acceptors (Lipinski definition) is 4. The van der Waals surface area contributed by atoms with E-state index in [1.807, 2.05) is 0 Å². The smallest absolute Gasteiger partial charge is 0.259 e. The zero-order chi connectivity index (χ0) is 12.5. The van der Waals surface area contributed by atoms with Crippen LogP contribution in [0.15, 0.2) is 11.2 Å². The van der Waals surface area contributed by atoms with Crippen LogP contribution in [-0.2, 0) is 17.1 Å². The van der Waals surface area contributed by atoms with Crippen molar-refractivity contribution in [3.05, 3.63) is 11.2 Å². The summed E-state index contributed by atoms with van der Waals surface area (Å²) in [6.45, 7) is 1.58. The zero-order valence-corrected chi connectivity index (χ0v) is 12.3. The Hall–Kier alpha value is -0.340.